The van der Waals surface area contributed by atoms with E-state index in [-0.39, 0.29) is 5.76 Å². The SMILES string of the molecule is COC(=O)C=C1Oc2cc(C)ccc2NC1=O. The summed E-state index contributed by atoms with van der Waals surface area (Å²) in [5, 5.41) is 2.63. The van der Waals surface area contributed by atoms with E-state index < -0.39 is 11.9 Å². The van der Waals surface area contributed by atoms with Crippen LogP contribution in [0, 0.1) is 6.92 Å². The Morgan fingerprint density at radius 2 is 2.24 bits per heavy atom. The van der Waals surface area contributed by atoms with Gasteiger partial charge in [-0.15, -0.1) is 0 Å². The maximum Gasteiger partial charge on any atom is 0.334 e. The molecule has 1 aromatic carbocycles. The van der Waals surface area contributed by atoms with E-state index in [0.717, 1.165) is 11.6 Å². The number of fused-ring (bicyclic) bond motifs is 1. The minimum Gasteiger partial charge on any atom is -0.466 e. The summed E-state index contributed by atoms with van der Waals surface area (Å²) < 4.78 is 9.78. The number of aryl methyl sites for hydroxylation is 1. The van der Waals surface area contributed by atoms with Gasteiger partial charge in [-0.1, -0.05) is 6.07 Å². The van der Waals surface area contributed by atoms with Gasteiger partial charge < -0.3 is 14.8 Å². The van der Waals surface area contributed by atoms with Crippen molar-refractivity contribution in [1.29, 1.82) is 0 Å². The number of hydrogen-bond donors (Lipinski definition) is 1. The molecule has 5 heteroatoms. The molecule has 1 aliphatic rings. The molecule has 0 fully saturated rings. The normalized spacial score (nSPS) is 15.9. The van der Waals surface area contributed by atoms with Crippen molar-refractivity contribution in [3.05, 3.63) is 35.6 Å². The van der Waals surface area contributed by atoms with Gasteiger partial charge in [0.25, 0.3) is 5.91 Å². The lowest BCUT2D eigenvalue weighted by Crippen LogP contribution is -2.24. The monoisotopic (exact) mass is 233 g/mol. The highest BCUT2D eigenvalue weighted by atomic mass is 16.5. The number of esters is 1. The Morgan fingerprint density at radius 3 is 2.94 bits per heavy atom. The second-order valence-electron chi connectivity index (χ2n) is 3.59. The van der Waals surface area contributed by atoms with Gasteiger partial charge >= 0.3 is 5.97 Å². The van der Waals surface area contributed by atoms with Gasteiger partial charge in [-0.2, -0.15) is 0 Å². The zero-order valence-electron chi connectivity index (χ0n) is 9.44. The Labute approximate surface area is 98.0 Å². The first-order valence-corrected chi connectivity index (χ1v) is 4.99. The zero-order valence-corrected chi connectivity index (χ0v) is 9.44. The predicted molar refractivity (Wildman–Crippen MR) is 60.5 cm³/mol. The minimum absolute atomic E-state index is 0.0741. The van der Waals surface area contributed by atoms with E-state index in [4.69, 9.17) is 4.74 Å². The number of carbonyl (C=O) groups is 2. The van der Waals surface area contributed by atoms with Crippen LogP contribution in [0.25, 0.3) is 0 Å². The Morgan fingerprint density at radius 1 is 1.47 bits per heavy atom. The van der Waals surface area contributed by atoms with Crippen LogP contribution in [0.5, 0.6) is 5.75 Å². The summed E-state index contributed by atoms with van der Waals surface area (Å²) in [7, 11) is 1.23. The van der Waals surface area contributed by atoms with Crippen molar-refractivity contribution in [1.82, 2.24) is 0 Å². The third-order valence-corrected chi connectivity index (χ3v) is 2.28. The van der Waals surface area contributed by atoms with E-state index in [2.05, 4.69) is 10.1 Å². The Hall–Kier alpha value is -2.30. The Balaban J connectivity index is 2.35. The van der Waals surface area contributed by atoms with Crippen LogP contribution in [-0.2, 0) is 14.3 Å². The molecular weight excluding hydrogens is 222 g/mol. The molecule has 0 bridgehead atoms. The molecule has 1 amide bonds. The molecule has 1 N–H and O–H groups in total. The lowest BCUT2D eigenvalue weighted by Gasteiger charge is -2.19. The summed E-state index contributed by atoms with van der Waals surface area (Å²) in [6, 6.07) is 5.38. The molecule has 0 unspecified atom stereocenters. The highest BCUT2D eigenvalue weighted by Crippen LogP contribution is 2.31. The van der Waals surface area contributed by atoms with Crippen LogP contribution in [0.3, 0.4) is 0 Å². The van der Waals surface area contributed by atoms with Crippen LogP contribution in [0.4, 0.5) is 5.69 Å². The van der Waals surface area contributed by atoms with Crippen LogP contribution in [-0.4, -0.2) is 19.0 Å². The molecule has 2 rings (SSSR count). The van der Waals surface area contributed by atoms with Gasteiger partial charge in [0.2, 0.25) is 0 Å². The predicted octanol–water partition coefficient (Wildman–Crippen LogP) is 1.38. The van der Waals surface area contributed by atoms with E-state index in [1.807, 2.05) is 13.0 Å². The largest absolute Gasteiger partial charge is 0.466 e. The number of hydrogen-bond acceptors (Lipinski definition) is 4. The van der Waals surface area contributed by atoms with Crippen LogP contribution in [0.2, 0.25) is 0 Å². The van der Waals surface area contributed by atoms with E-state index in [1.165, 1.54) is 7.11 Å². The van der Waals surface area contributed by atoms with Crippen LogP contribution in [0.15, 0.2) is 30.0 Å². The molecule has 1 heterocycles. The van der Waals surface area contributed by atoms with Crippen molar-refractivity contribution >= 4 is 17.6 Å². The van der Waals surface area contributed by atoms with Crippen molar-refractivity contribution in [3.8, 4) is 5.75 Å². The van der Waals surface area contributed by atoms with Gasteiger partial charge in [-0.25, -0.2) is 4.79 Å². The number of carbonyl (C=O) groups excluding carboxylic acids is 2. The van der Waals surface area contributed by atoms with Gasteiger partial charge in [0, 0.05) is 0 Å². The summed E-state index contributed by atoms with van der Waals surface area (Å²) in [5.41, 5.74) is 1.58. The van der Waals surface area contributed by atoms with Gasteiger partial charge in [-0.3, -0.25) is 4.79 Å². The van der Waals surface area contributed by atoms with Crippen LogP contribution in [0.1, 0.15) is 5.56 Å². The molecule has 0 saturated carbocycles. The highest BCUT2D eigenvalue weighted by molar-refractivity contribution is 6.08. The fraction of sp³-hybridized carbons (Fsp3) is 0.167. The number of methoxy groups -OCH3 is 1. The summed E-state index contributed by atoms with van der Waals surface area (Å²) in [5.74, 6) is -0.660. The van der Waals surface area contributed by atoms with Crippen molar-refractivity contribution in [2.45, 2.75) is 6.92 Å². The van der Waals surface area contributed by atoms with Gasteiger partial charge in [0.15, 0.2) is 11.5 Å². The fourth-order valence-corrected chi connectivity index (χ4v) is 1.43. The number of anilines is 1. The number of rotatable bonds is 1. The second-order valence-corrected chi connectivity index (χ2v) is 3.59. The molecule has 1 aromatic rings. The average molecular weight is 233 g/mol. The Bertz CT molecular complexity index is 519. The summed E-state index contributed by atoms with van der Waals surface area (Å²) in [6.45, 7) is 1.91. The van der Waals surface area contributed by atoms with Gasteiger partial charge in [0.05, 0.1) is 18.9 Å². The molecule has 0 aliphatic carbocycles. The highest BCUT2D eigenvalue weighted by Gasteiger charge is 2.22. The lowest BCUT2D eigenvalue weighted by atomic mass is 10.2. The third kappa shape index (κ3) is 2.28. The molecule has 5 nitrogen and oxygen atoms in total. The van der Waals surface area contributed by atoms with E-state index in [0.29, 0.717) is 11.4 Å². The van der Waals surface area contributed by atoms with Gasteiger partial charge in [0.1, 0.15) is 0 Å². The van der Waals surface area contributed by atoms with Gasteiger partial charge in [-0.05, 0) is 24.6 Å². The molecule has 0 atom stereocenters. The topological polar surface area (TPSA) is 64.6 Å². The molecule has 0 spiro atoms. The first-order chi connectivity index (χ1) is 8.10. The van der Waals surface area contributed by atoms with E-state index >= 15 is 0 Å². The summed E-state index contributed by atoms with van der Waals surface area (Å²) in [4.78, 5) is 22.6. The fourth-order valence-electron chi connectivity index (χ4n) is 1.43. The second kappa shape index (κ2) is 4.29. The lowest BCUT2D eigenvalue weighted by molar-refractivity contribution is -0.135. The molecule has 0 aromatic heterocycles. The molecule has 0 radical (unpaired) electrons. The van der Waals surface area contributed by atoms with Crippen molar-refractivity contribution in [2.75, 3.05) is 12.4 Å². The average Bonchev–Trinajstić information content (AvgIpc) is 2.30. The molecule has 88 valence electrons. The first-order valence-electron chi connectivity index (χ1n) is 4.99. The maximum atomic E-state index is 11.6. The number of benzene rings is 1. The zero-order chi connectivity index (χ0) is 12.4. The summed E-state index contributed by atoms with van der Waals surface area (Å²) >= 11 is 0. The number of ether oxygens (including phenoxy) is 2. The summed E-state index contributed by atoms with van der Waals surface area (Å²) in [6.07, 6.45) is 1.01. The molecule has 17 heavy (non-hydrogen) atoms. The molecule has 0 saturated heterocycles. The minimum atomic E-state index is -0.633. The van der Waals surface area contributed by atoms with Crippen LogP contribution < -0.4 is 10.1 Å². The van der Waals surface area contributed by atoms with Crippen molar-refractivity contribution < 1.29 is 19.1 Å². The maximum absolute atomic E-state index is 11.6. The standard InChI is InChI=1S/C12H11NO4/c1-7-3-4-8-9(5-7)17-10(12(15)13-8)6-11(14)16-2/h3-6H,1-2H3,(H,13,15). The number of amides is 1. The van der Waals surface area contributed by atoms with Crippen molar-refractivity contribution in [3.63, 3.8) is 0 Å². The number of nitrogens with one attached hydrogen (secondary N) is 1. The van der Waals surface area contributed by atoms with E-state index in [9.17, 15) is 9.59 Å². The van der Waals surface area contributed by atoms with Crippen molar-refractivity contribution in [2.24, 2.45) is 0 Å². The molecular formula is C12H11NO4. The first kappa shape index (κ1) is 11.2. The van der Waals surface area contributed by atoms with E-state index in [1.54, 1.807) is 12.1 Å². The van der Waals surface area contributed by atoms with Crippen LogP contribution >= 0.6 is 0 Å². The quantitative estimate of drug-likeness (QED) is 0.588. The third-order valence-electron chi connectivity index (χ3n) is 2.28. The molecule has 1 aliphatic heterocycles. The smallest absolute Gasteiger partial charge is 0.334 e. The Kier molecular flexibility index (Phi) is 2.82.